The Balaban J connectivity index is 2.06. The summed E-state index contributed by atoms with van der Waals surface area (Å²) in [6.07, 6.45) is 2.07. The Morgan fingerprint density at radius 1 is 1.33 bits per heavy atom. The van der Waals surface area contributed by atoms with E-state index in [4.69, 9.17) is 9.47 Å². The lowest BCUT2D eigenvalue weighted by Gasteiger charge is -2.31. The predicted molar refractivity (Wildman–Crippen MR) is 100.0 cm³/mol. The van der Waals surface area contributed by atoms with Crippen LogP contribution in [0.25, 0.3) is 0 Å². The van der Waals surface area contributed by atoms with Crippen LogP contribution in [0.3, 0.4) is 0 Å². The molecule has 1 atom stereocenters. The molecule has 0 saturated carbocycles. The van der Waals surface area contributed by atoms with Crippen LogP contribution in [0.1, 0.15) is 29.4 Å². The first-order valence-corrected chi connectivity index (χ1v) is 9.01. The summed E-state index contributed by atoms with van der Waals surface area (Å²) in [6.45, 7) is 2.89. The van der Waals surface area contributed by atoms with Crippen molar-refractivity contribution in [1.82, 2.24) is 9.88 Å². The summed E-state index contributed by atoms with van der Waals surface area (Å²) >= 11 is 0. The molecule has 1 aromatic heterocycles. The van der Waals surface area contributed by atoms with E-state index in [2.05, 4.69) is 5.32 Å². The van der Waals surface area contributed by atoms with Gasteiger partial charge in [0.2, 0.25) is 5.43 Å². The second kappa shape index (κ2) is 8.37. The first-order valence-electron chi connectivity index (χ1n) is 9.01. The van der Waals surface area contributed by atoms with Crippen LogP contribution in [0.2, 0.25) is 0 Å². The van der Waals surface area contributed by atoms with Crippen molar-refractivity contribution in [2.75, 3.05) is 26.4 Å². The molecule has 1 amide bonds. The minimum Gasteiger partial charge on any atom is -0.483 e. The third kappa shape index (κ3) is 3.89. The Morgan fingerprint density at radius 2 is 2.11 bits per heavy atom. The molecule has 0 radical (unpaired) electrons. The molecule has 3 rings (SSSR count). The van der Waals surface area contributed by atoms with E-state index in [0.29, 0.717) is 19.6 Å². The highest BCUT2D eigenvalue weighted by molar-refractivity contribution is 5.95. The average molecular weight is 372 g/mol. The minimum absolute atomic E-state index is 0.0213. The van der Waals surface area contributed by atoms with Gasteiger partial charge in [-0.1, -0.05) is 30.3 Å². The van der Waals surface area contributed by atoms with E-state index in [0.717, 1.165) is 5.56 Å². The number of nitrogens with zero attached hydrogens (tertiary/aromatic N) is 1. The van der Waals surface area contributed by atoms with Gasteiger partial charge in [-0.25, -0.2) is 0 Å². The van der Waals surface area contributed by atoms with Crippen molar-refractivity contribution in [1.29, 1.82) is 0 Å². The van der Waals surface area contributed by atoms with Crippen LogP contribution in [0.5, 0.6) is 5.75 Å². The van der Waals surface area contributed by atoms with Crippen molar-refractivity contribution >= 4 is 5.91 Å². The van der Waals surface area contributed by atoms with Gasteiger partial charge in [0.25, 0.3) is 5.91 Å². The molecule has 7 heteroatoms. The van der Waals surface area contributed by atoms with Gasteiger partial charge in [0, 0.05) is 25.4 Å². The monoisotopic (exact) mass is 372 g/mol. The molecule has 1 aromatic carbocycles. The van der Waals surface area contributed by atoms with Crippen molar-refractivity contribution in [3.05, 3.63) is 64.1 Å². The summed E-state index contributed by atoms with van der Waals surface area (Å²) in [6, 6.07) is 10.8. The Bertz CT molecular complexity index is 841. The first-order chi connectivity index (χ1) is 13.1. The number of nitrogens with one attached hydrogen (secondary N) is 1. The van der Waals surface area contributed by atoms with Crippen molar-refractivity contribution in [2.45, 2.75) is 25.5 Å². The molecule has 144 valence electrons. The van der Waals surface area contributed by atoms with Gasteiger partial charge in [0.05, 0.1) is 18.8 Å². The number of pyridine rings is 1. The van der Waals surface area contributed by atoms with Crippen molar-refractivity contribution in [3.63, 3.8) is 0 Å². The number of hydrogen-bond acceptors (Lipinski definition) is 5. The van der Waals surface area contributed by atoms with Crippen molar-refractivity contribution in [2.24, 2.45) is 0 Å². The van der Waals surface area contributed by atoms with Crippen LogP contribution in [0.15, 0.2) is 47.4 Å². The summed E-state index contributed by atoms with van der Waals surface area (Å²) in [5.74, 6) is -0.440. The fraction of sp³-hybridized carbons (Fsp3) is 0.400. The molecule has 27 heavy (non-hydrogen) atoms. The Morgan fingerprint density at radius 3 is 2.74 bits per heavy atom. The molecule has 0 aliphatic carbocycles. The SMILES string of the molecule is CCNC(=O)c1c(OCc2ccccc2)c(=O)ccn1C1(CO)CCOC1. The fourth-order valence-corrected chi connectivity index (χ4v) is 3.23. The predicted octanol–water partition coefficient (Wildman–Crippen LogP) is 1.28. The number of benzene rings is 1. The summed E-state index contributed by atoms with van der Waals surface area (Å²) in [7, 11) is 0. The maximum atomic E-state index is 12.8. The smallest absolute Gasteiger partial charge is 0.271 e. The highest BCUT2D eigenvalue weighted by Crippen LogP contribution is 2.30. The van der Waals surface area contributed by atoms with E-state index < -0.39 is 11.4 Å². The van der Waals surface area contributed by atoms with E-state index in [1.54, 1.807) is 11.5 Å². The van der Waals surface area contributed by atoms with Crippen LogP contribution in [-0.4, -0.2) is 41.9 Å². The van der Waals surface area contributed by atoms with Crippen LogP contribution in [0, 0.1) is 0 Å². The lowest BCUT2D eigenvalue weighted by atomic mass is 9.98. The van der Waals surface area contributed by atoms with Gasteiger partial charge >= 0.3 is 0 Å². The number of carbonyl (C=O) groups is 1. The van der Waals surface area contributed by atoms with E-state index in [-0.39, 0.29) is 36.7 Å². The van der Waals surface area contributed by atoms with Gasteiger partial charge in [0.1, 0.15) is 6.61 Å². The number of amides is 1. The summed E-state index contributed by atoms with van der Waals surface area (Å²) < 4.78 is 12.9. The van der Waals surface area contributed by atoms with Gasteiger partial charge in [-0.05, 0) is 18.9 Å². The molecule has 2 aromatic rings. The standard InChI is InChI=1S/C20H24N2O5/c1-2-21-19(25)17-18(27-12-15-6-4-3-5-7-15)16(24)8-10-22(17)20(13-23)9-11-26-14-20/h3-8,10,23H,2,9,11-14H2,1H3,(H,21,25). The summed E-state index contributed by atoms with van der Waals surface area (Å²) in [5.41, 5.74) is -0.176. The molecule has 1 aliphatic rings. The largest absolute Gasteiger partial charge is 0.483 e. The molecule has 1 aliphatic heterocycles. The molecule has 1 unspecified atom stereocenters. The average Bonchev–Trinajstić information content (AvgIpc) is 3.18. The number of carbonyl (C=O) groups excluding carboxylic acids is 1. The quantitative estimate of drug-likeness (QED) is 0.764. The Hall–Kier alpha value is -2.64. The lowest BCUT2D eigenvalue weighted by Crippen LogP contribution is -2.43. The molecule has 2 heterocycles. The molecule has 7 nitrogen and oxygen atoms in total. The van der Waals surface area contributed by atoms with Crippen molar-refractivity contribution < 1.29 is 19.4 Å². The maximum absolute atomic E-state index is 12.8. The number of ether oxygens (including phenoxy) is 2. The number of aromatic nitrogens is 1. The molecular formula is C20H24N2O5. The van der Waals surface area contributed by atoms with E-state index in [1.165, 1.54) is 12.3 Å². The van der Waals surface area contributed by atoms with E-state index >= 15 is 0 Å². The third-order valence-corrected chi connectivity index (χ3v) is 4.72. The van der Waals surface area contributed by atoms with Crippen LogP contribution in [0.4, 0.5) is 0 Å². The zero-order chi connectivity index (χ0) is 19.3. The van der Waals surface area contributed by atoms with Gasteiger partial charge in [-0.15, -0.1) is 0 Å². The summed E-state index contributed by atoms with van der Waals surface area (Å²) in [5, 5.41) is 12.8. The Kier molecular flexibility index (Phi) is 5.93. The number of aliphatic hydroxyl groups is 1. The van der Waals surface area contributed by atoms with Crippen molar-refractivity contribution in [3.8, 4) is 5.75 Å². The van der Waals surface area contributed by atoms with Gasteiger partial charge in [0.15, 0.2) is 11.4 Å². The second-order valence-electron chi connectivity index (χ2n) is 6.55. The van der Waals surface area contributed by atoms with Gasteiger partial charge in [-0.3, -0.25) is 9.59 Å². The van der Waals surface area contributed by atoms with Crippen LogP contribution < -0.4 is 15.5 Å². The van der Waals surface area contributed by atoms with Gasteiger partial charge in [-0.2, -0.15) is 0 Å². The summed E-state index contributed by atoms with van der Waals surface area (Å²) in [4.78, 5) is 25.3. The molecular weight excluding hydrogens is 348 g/mol. The highest BCUT2D eigenvalue weighted by atomic mass is 16.5. The number of hydrogen-bond donors (Lipinski definition) is 2. The van der Waals surface area contributed by atoms with Crippen LogP contribution >= 0.6 is 0 Å². The van der Waals surface area contributed by atoms with Crippen LogP contribution in [-0.2, 0) is 16.9 Å². The Labute approximate surface area is 157 Å². The zero-order valence-electron chi connectivity index (χ0n) is 15.3. The second-order valence-corrected chi connectivity index (χ2v) is 6.55. The highest BCUT2D eigenvalue weighted by Gasteiger charge is 2.39. The minimum atomic E-state index is -0.793. The molecule has 1 fully saturated rings. The first kappa shape index (κ1) is 19.1. The lowest BCUT2D eigenvalue weighted by molar-refractivity contribution is 0.0841. The third-order valence-electron chi connectivity index (χ3n) is 4.72. The normalized spacial score (nSPS) is 19.0. The topological polar surface area (TPSA) is 89.8 Å². The molecule has 2 N–H and O–H groups in total. The number of rotatable bonds is 7. The zero-order valence-corrected chi connectivity index (χ0v) is 15.3. The molecule has 0 bridgehead atoms. The number of aliphatic hydroxyl groups excluding tert-OH is 1. The molecule has 0 spiro atoms. The van der Waals surface area contributed by atoms with Gasteiger partial charge < -0.3 is 24.5 Å². The van der Waals surface area contributed by atoms with E-state index in [1.807, 2.05) is 30.3 Å². The van der Waals surface area contributed by atoms with E-state index in [9.17, 15) is 14.7 Å². The maximum Gasteiger partial charge on any atom is 0.271 e. The molecule has 1 saturated heterocycles. The fourth-order valence-electron chi connectivity index (χ4n) is 3.23.